The minimum Gasteiger partial charge on any atom is -0.404 e. The van der Waals surface area contributed by atoms with E-state index in [0.717, 1.165) is 45.6 Å². The molecule has 1 saturated heterocycles. The fourth-order valence-electron chi connectivity index (χ4n) is 2.52. The van der Waals surface area contributed by atoms with Gasteiger partial charge in [0.25, 0.3) is 0 Å². The van der Waals surface area contributed by atoms with Gasteiger partial charge in [0.05, 0.1) is 5.69 Å². The molecule has 0 atom stereocenters. The van der Waals surface area contributed by atoms with E-state index in [2.05, 4.69) is 16.6 Å². The quantitative estimate of drug-likeness (QED) is 0.828. The van der Waals surface area contributed by atoms with Crippen molar-refractivity contribution in [3.63, 3.8) is 0 Å². The number of benzene rings is 1. The lowest BCUT2D eigenvalue weighted by molar-refractivity contribution is -0.274. The van der Waals surface area contributed by atoms with Crippen LogP contribution in [0.4, 0.5) is 18.9 Å². The lowest BCUT2D eigenvalue weighted by Gasteiger charge is -2.36. The molecule has 1 heterocycles. The Balaban J connectivity index is 2.00. The lowest BCUT2D eigenvalue weighted by atomic mass is 10.2. The Kier molecular flexibility index (Phi) is 5.33. The molecule has 0 aliphatic carbocycles. The summed E-state index contributed by atoms with van der Waals surface area (Å²) in [5, 5.41) is 0. The van der Waals surface area contributed by atoms with Crippen molar-refractivity contribution in [3.8, 4) is 5.75 Å². The Hall–Kier alpha value is -1.43. The van der Waals surface area contributed by atoms with Gasteiger partial charge in [-0.3, -0.25) is 4.90 Å². The molecule has 0 unspecified atom stereocenters. The summed E-state index contributed by atoms with van der Waals surface area (Å²) in [5.41, 5.74) is 0.518. The number of rotatable bonds is 5. The van der Waals surface area contributed by atoms with E-state index in [1.165, 1.54) is 6.07 Å². The van der Waals surface area contributed by atoms with Gasteiger partial charge in [0.1, 0.15) is 0 Å². The third kappa shape index (κ3) is 4.81. The molecule has 3 nitrogen and oxygen atoms in total. The minimum atomic E-state index is -4.65. The van der Waals surface area contributed by atoms with Gasteiger partial charge in [0, 0.05) is 26.2 Å². The van der Waals surface area contributed by atoms with Gasteiger partial charge in [0.2, 0.25) is 0 Å². The van der Waals surface area contributed by atoms with Crippen LogP contribution in [0.25, 0.3) is 0 Å². The summed E-state index contributed by atoms with van der Waals surface area (Å²) in [4.78, 5) is 4.32. The molecule has 1 fully saturated rings. The van der Waals surface area contributed by atoms with E-state index in [-0.39, 0.29) is 5.75 Å². The van der Waals surface area contributed by atoms with Crippen molar-refractivity contribution in [2.24, 2.45) is 0 Å². The van der Waals surface area contributed by atoms with Crippen LogP contribution in [0.15, 0.2) is 24.3 Å². The SMILES string of the molecule is CCCCN1CCN(c2ccccc2OC(F)(F)F)CC1. The number of nitrogens with zero attached hydrogens (tertiary/aromatic N) is 2. The highest BCUT2D eigenvalue weighted by atomic mass is 19.4. The average molecular weight is 302 g/mol. The van der Waals surface area contributed by atoms with Crippen LogP contribution in [0.2, 0.25) is 0 Å². The molecule has 6 heteroatoms. The third-order valence-electron chi connectivity index (χ3n) is 3.63. The van der Waals surface area contributed by atoms with Crippen molar-refractivity contribution in [2.75, 3.05) is 37.6 Å². The maximum Gasteiger partial charge on any atom is 0.573 e. The summed E-state index contributed by atoms with van der Waals surface area (Å²) in [6, 6.07) is 6.35. The van der Waals surface area contributed by atoms with Crippen LogP contribution in [0.3, 0.4) is 0 Å². The number of unbranched alkanes of at least 4 members (excludes halogenated alkanes) is 1. The number of ether oxygens (including phenoxy) is 1. The standard InChI is InChI=1S/C15H21F3N2O/c1-2-3-8-19-9-11-20(12-10-19)13-6-4-5-7-14(13)21-15(16,17)18/h4-7H,2-3,8-12H2,1H3. The molecule has 21 heavy (non-hydrogen) atoms. The number of alkyl halides is 3. The monoisotopic (exact) mass is 302 g/mol. The number of hydrogen-bond donors (Lipinski definition) is 0. The van der Waals surface area contributed by atoms with Gasteiger partial charge >= 0.3 is 6.36 Å². The van der Waals surface area contributed by atoms with Crippen LogP contribution in [0.1, 0.15) is 19.8 Å². The largest absolute Gasteiger partial charge is 0.573 e. The topological polar surface area (TPSA) is 15.7 Å². The van der Waals surface area contributed by atoms with Crippen molar-refractivity contribution < 1.29 is 17.9 Å². The van der Waals surface area contributed by atoms with Crippen LogP contribution in [0.5, 0.6) is 5.75 Å². The number of piperazine rings is 1. The zero-order chi connectivity index (χ0) is 15.3. The molecule has 118 valence electrons. The first kappa shape index (κ1) is 15.9. The molecule has 0 spiro atoms. The van der Waals surface area contributed by atoms with Crippen LogP contribution in [-0.2, 0) is 0 Å². The highest BCUT2D eigenvalue weighted by Gasteiger charge is 2.33. The lowest BCUT2D eigenvalue weighted by Crippen LogP contribution is -2.46. The van der Waals surface area contributed by atoms with Gasteiger partial charge in [-0.25, -0.2) is 0 Å². The molecular weight excluding hydrogens is 281 g/mol. The molecule has 2 rings (SSSR count). The second kappa shape index (κ2) is 7.02. The van der Waals surface area contributed by atoms with Gasteiger partial charge in [-0.1, -0.05) is 25.5 Å². The molecule has 0 aromatic heterocycles. The third-order valence-corrected chi connectivity index (χ3v) is 3.63. The molecule has 1 aliphatic rings. The predicted octanol–water partition coefficient (Wildman–Crippen LogP) is 3.51. The molecule has 0 bridgehead atoms. The molecule has 1 aliphatic heterocycles. The number of para-hydroxylation sites is 2. The second-order valence-electron chi connectivity index (χ2n) is 5.20. The molecule has 0 saturated carbocycles. The van der Waals surface area contributed by atoms with E-state index in [0.29, 0.717) is 5.69 Å². The molecule has 1 aromatic carbocycles. The van der Waals surface area contributed by atoms with Crippen molar-refractivity contribution in [2.45, 2.75) is 26.1 Å². The number of hydrogen-bond acceptors (Lipinski definition) is 3. The fraction of sp³-hybridized carbons (Fsp3) is 0.600. The zero-order valence-corrected chi connectivity index (χ0v) is 12.2. The molecule has 0 radical (unpaired) electrons. The first-order chi connectivity index (χ1) is 9.99. The highest BCUT2D eigenvalue weighted by molar-refractivity contribution is 5.58. The Morgan fingerprint density at radius 3 is 2.38 bits per heavy atom. The Labute approximate surface area is 123 Å². The normalized spacial score (nSPS) is 17.0. The minimum absolute atomic E-state index is 0.119. The number of anilines is 1. The fourth-order valence-corrected chi connectivity index (χ4v) is 2.52. The van der Waals surface area contributed by atoms with Crippen molar-refractivity contribution in [1.29, 1.82) is 0 Å². The summed E-state index contributed by atoms with van der Waals surface area (Å²) in [7, 11) is 0. The summed E-state index contributed by atoms with van der Waals surface area (Å²) in [5.74, 6) is -0.119. The van der Waals surface area contributed by atoms with Crippen LogP contribution < -0.4 is 9.64 Å². The average Bonchev–Trinajstić information content (AvgIpc) is 2.45. The van der Waals surface area contributed by atoms with Gasteiger partial charge in [-0.2, -0.15) is 0 Å². The highest BCUT2D eigenvalue weighted by Crippen LogP contribution is 2.33. The van der Waals surface area contributed by atoms with Crippen molar-refractivity contribution in [3.05, 3.63) is 24.3 Å². The van der Waals surface area contributed by atoms with E-state index >= 15 is 0 Å². The molecule has 0 N–H and O–H groups in total. The molecular formula is C15H21F3N2O. The van der Waals surface area contributed by atoms with Gasteiger partial charge in [-0.05, 0) is 25.1 Å². The maximum absolute atomic E-state index is 12.4. The van der Waals surface area contributed by atoms with E-state index in [1.807, 2.05) is 4.90 Å². The van der Waals surface area contributed by atoms with Crippen LogP contribution in [-0.4, -0.2) is 44.0 Å². The van der Waals surface area contributed by atoms with Gasteiger partial charge < -0.3 is 9.64 Å². The van der Waals surface area contributed by atoms with Gasteiger partial charge in [0.15, 0.2) is 5.75 Å². The zero-order valence-electron chi connectivity index (χ0n) is 12.2. The van der Waals surface area contributed by atoms with E-state index in [4.69, 9.17) is 0 Å². The second-order valence-corrected chi connectivity index (χ2v) is 5.20. The smallest absolute Gasteiger partial charge is 0.404 e. The number of halogens is 3. The Bertz CT molecular complexity index is 443. The Morgan fingerprint density at radius 2 is 1.76 bits per heavy atom. The summed E-state index contributed by atoms with van der Waals surface area (Å²) >= 11 is 0. The first-order valence-electron chi connectivity index (χ1n) is 7.31. The molecule has 1 aromatic rings. The predicted molar refractivity (Wildman–Crippen MR) is 76.7 cm³/mol. The Morgan fingerprint density at radius 1 is 1.10 bits per heavy atom. The van der Waals surface area contributed by atoms with E-state index < -0.39 is 6.36 Å². The van der Waals surface area contributed by atoms with Gasteiger partial charge in [-0.15, -0.1) is 13.2 Å². The van der Waals surface area contributed by atoms with Crippen LogP contribution in [0, 0.1) is 0 Å². The van der Waals surface area contributed by atoms with Crippen molar-refractivity contribution in [1.82, 2.24) is 4.90 Å². The maximum atomic E-state index is 12.4. The van der Waals surface area contributed by atoms with Crippen LogP contribution >= 0.6 is 0 Å². The van der Waals surface area contributed by atoms with E-state index in [1.54, 1.807) is 18.2 Å². The molecule has 0 amide bonds. The summed E-state index contributed by atoms with van der Waals surface area (Å²) in [6.07, 6.45) is -2.34. The first-order valence-corrected chi connectivity index (χ1v) is 7.31. The summed E-state index contributed by atoms with van der Waals surface area (Å²) in [6.45, 7) is 6.41. The van der Waals surface area contributed by atoms with E-state index in [9.17, 15) is 13.2 Å². The summed E-state index contributed by atoms with van der Waals surface area (Å²) < 4.78 is 41.4. The van der Waals surface area contributed by atoms with Crippen molar-refractivity contribution >= 4 is 5.69 Å².